The van der Waals surface area contributed by atoms with Crippen LogP contribution in [-0.2, 0) is 10.0 Å². The van der Waals surface area contributed by atoms with Crippen LogP contribution >= 0.6 is 11.3 Å². The maximum absolute atomic E-state index is 11.3. The number of benzene rings is 1. The molecule has 0 atom stereocenters. The molecule has 0 aliphatic heterocycles. The molecule has 0 radical (unpaired) electrons. The van der Waals surface area contributed by atoms with Gasteiger partial charge in [0.05, 0.1) is 22.2 Å². The zero-order valence-corrected chi connectivity index (χ0v) is 14.0. The standard InChI is InChI=1S/C15H15N3O2S2/c1-9-8-21-14-10(2)16-15(17-13(9)14)11-5-4-6-12(7-11)18-22(3,19)20/h4-8,18H,1-3H3. The number of hydrogen-bond acceptors (Lipinski definition) is 5. The summed E-state index contributed by atoms with van der Waals surface area (Å²) in [4.78, 5) is 9.17. The number of nitrogens with zero attached hydrogens (tertiary/aromatic N) is 2. The molecule has 0 bridgehead atoms. The lowest BCUT2D eigenvalue weighted by molar-refractivity contribution is 0.607. The van der Waals surface area contributed by atoms with E-state index in [1.807, 2.05) is 19.9 Å². The molecule has 1 aromatic carbocycles. The lowest BCUT2D eigenvalue weighted by Gasteiger charge is -2.07. The molecule has 2 heterocycles. The average molecular weight is 333 g/mol. The topological polar surface area (TPSA) is 72.0 Å². The van der Waals surface area contributed by atoms with Gasteiger partial charge in [0, 0.05) is 11.3 Å². The molecule has 22 heavy (non-hydrogen) atoms. The lowest BCUT2D eigenvalue weighted by Crippen LogP contribution is -2.09. The van der Waals surface area contributed by atoms with Crippen molar-refractivity contribution < 1.29 is 8.42 Å². The van der Waals surface area contributed by atoms with E-state index in [4.69, 9.17) is 0 Å². The van der Waals surface area contributed by atoms with Crippen LogP contribution in [-0.4, -0.2) is 24.6 Å². The Labute approximate surface area is 133 Å². The van der Waals surface area contributed by atoms with Gasteiger partial charge in [0.1, 0.15) is 0 Å². The van der Waals surface area contributed by atoms with Gasteiger partial charge >= 0.3 is 0 Å². The van der Waals surface area contributed by atoms with Crippen molar-refractivity contribution in [1.29, 1.82) is 0 Å². The van der Waals surface area contributed by atoms with Gasteiger partial charge in [0.25, 0.3) is 0 Å². The van der Waals surface area contributed by atoms with Crippen molar-refractivity contribution in [2.45, 2.75) is 13.8 Å². The van der Waals surface area contributed by atoms with Gasteiger partial charge in [-0.15, -0.1) is 11.3 Å². The molecule has 114 valence electrons. The summed E-state index contributed by atoms with van der Waals surface area (Å²) < 4.78 is 26.3. The van der Waals surface area contributed by atoms with E-state index in [0.29, 0.717) is 11.5 Å². The fourth-order valence-corrected chi connectivity index (χ4v) is 3.73. The highest BCUT2D eigenvalue weighted by atomic mass is 32.2. The van der Waals surface area contributed by atoms with Crippen molar-refractivity contribution in [1.82, 2.24) is 9.97 Å². The molecule has 0 unspecified atom stereocenters. The van der Waals surface area contributed by atoms with Crippen molar-refractivity contribution >= 4 is 37.3 Å². The van der Waals surface area contributed by atoms with Crippen molar-refractivity contribution in [3.63, 3.8) is 0 Å². The zero-order valence-electron chi connectivity index (χ0n) is 12.4. The third kappa shape index (κ3) is 2.95. The van der Waals surface area contributed by atoms with Gasteiger partial charge in [-0.1, -0.05) is 12.1 Å². The van der Waals surface area contributed by atoms with Gasteiger partial charge < -0.3 is 0 Å². The van der Waals surface area contributed by atoms with E-state index in [9.17, 15) is 8.42 Å². The van der Waals surface area contributed by atoms with Gasteiger partial charge in [-0.25, -0.2) is 18.4 Å². The molecule has 7 heteroatoms. The van der Waals surface area contributed by atoms with Crippen LogP contribution in [0.3, 0.4) is 0 Å². The number of rotatable bonds is 3. The van der Waals surface area contributed by atoms with Crippen molar-refractivity contribution in [2.24, 2.45) is 0 Å². The zero-order chi connectivity index (χ0) is 15.9. The molecule has 2 aromatic heterocycles. The Bertz CT molecular complexity index is 962. The third-order valence-electron chi connectivity index (χ3n) is 3.19. The SMILES string of the molecule is Cc1csc2c(C)nc(-c3cccc(NS(C)(=O)=O)c3)nc12. The Morgan fingerprint density at radius 1 is 1.18 bits per heavy atom. The maximum Gasteiger partial charge on any atom is 0.229 e. The summed E-state index contributed by atoms with van der Waals surface area (Å²) in [6.07, 6.45) is 1.13. The number of anilines is 1. The van der Waals surface area contributed by atoms with Gasteiger partial charge in [-0.05, 0) is 36.9 Å². The largest absolute Gasteiger partial charge is 0.284 e. The van der Waals surface area contributed by atoms with Crippen LogP contribution in [0.5, 0.6) is 0 Å². The van der Waals surface area contributed by atoms with E-state index in [1.54, 1.807) is 29.5 Å². The molecule has 0 amide bonds. The summed E-state index contributed by atoms with van der Waals surface area (Å²) in [5.74, 6) is 0.601. The van der Waals surface area contributed by atoms with Crippen LogP contribution in [0.4, 0.5) is 5.69 Å². The second-order valence-corrected chi connectivity index (χ2v) is 7.81. The minimum Gasteiger partial charge on any atom is -0.284 e. The first-order valence-corrected chi connectivity index (χ1v) is 9.41. The summed E-state index contributed by atoms with van der Waals surface area (Å²) in [6, 6.07) is 7.09. The normalized spacial score (nSPS) is 11.8. The van der Waals surface area contributed by atoms with Crippen LogP contribution in [0.15, 0.2) is 29.6 Å². The van der Waals surface area contributed by atoms with Crippen LogP contribution in [0.25, 0.3) is 21.6 Å². The second-order valence-electron chi connectivity index (χ2n) is 5.18. The summed E-state index contributed by atoms with van der Waals surface area (Å²) in [5.41, 5.74) is 4.29. The molecular formula is C15H15N3O2S2. The average Bonchev–Trinajstić information content (AvgIpc) is 2.79. The molecule has 0 saturated heterocycles. The van der Waals surface area contributed by atoms with Gasteiger partial charge in [0.15, 0.2) is 5.82 Å². The highest BCUT2D eigenvalue weighted by Gasteiger charge is 2.11. The number of sulfonamides is 1. The first-order chi connectivity index (χ1) is 10.3. The second kappa shape index (κ2) is 5.33. The molecule has 0 spiro atoms. The molecule has 3 rings (SSSR count). The first-order valence-electron chi connectivity index (χ1n) is 6.64. The Balaban J connectivity index is 2.11. The number of aromatic nitrogens is 2. The molecule has 0 aliphatic carbocycles. The molecule has 1 N–H and O–H groups in total. The van der Waals surface area contributed by atoms with Crippen molar-refractivity contribution in [2.75, 3.05) is 11.0 Å². The Hall–Kier alpha value is -1.99. The van der Waals surface area contributed by atoms with E-state index in [0.717, 1.165) is 33.3 Å². The fraction of sp³-hybridized carbons (Fsp3) is 0.200. The molecule has 0 aliphatic rings. The van der Waals surface area contributed by atoms with Crippen LogP contribution in [0.2, 0.25) is 0 Å². The van der Waals surface area contributed by atoms with Crippen LogP contribution in [0.1, 0.15) is 11.3 Å². The van der Waals surface area contributed by atoms with Gasteiger partial charge in [-0.3, -0.25) is 4.72 Å². The maximum atomic E-state index is 11.3. The lowest BCUT2D eigenvalue weighted by atomic mass is 10.2. The fourth-order valence-electron chi connectivity index (χ4n) is 2.24. The number of thiophene rings is 1. The predicted molar refractivity (Wildman–Crippen MR) is 90.8 cm³/mol. The smallest absolute Gasteiger partial charge is 0.229 e. The Morgan fingerprint density at radius 3 is 2.68 bits per heavy atom. The highest BCUT2D eigenvalue weighted by Crippen LogP contribution is 2.29. The van der Waals surface area contributed by atoms with Crippen LogP contribution in [0, 0.1) is 13.8 Å². The van der Waals surface area contributed by atoms with E-state index < -0.39 is 10.0 Å². The summed E-state index contributed by atoms with van der Waals surface area (Å²) in [5, 5.41) is 2.07. The highest BCUT2D eigenvalue weighted by molar-refractivity contribution is 7.92. The summed E-state index contributed by atoms with van der Waals surface area (Å²) in [6.45, 7) is 3.98. The molecule has 0 fully saturated rings. The minimum atomic E-state index is -3.31. The van der Waals surface area contributed by atoms with E-state index in [1.165, 1.54) is 0 Å². The minimum absolute atomic E-state index is 0.503. The molecular weight excluding hydrogens is 318 g/mol. The monoisotopic (exact) mass is 333 g/mol. The van der Waals surface area contributed by atoms with Crippen molar-refractivity contribution in [3.8, 4) is 11.4 Å². The van der Waals surface area contributed by atoms with Gasteiger partial charge in [0.2, 0.25) is 10.0 Å². The van der Waals surface area contributed by atoms with Gasteiger partial charge in [-0.2, -0.15) is 0 Å². The van der Waals surface area contributed by atoms with Crippen LogP contribution < -0.4 is 4.72 Å². The van der Waals surface area contributed by atoms with E-state index in [-0.39, 0.29) is 0 Å². The first kappa shape index (κ1) is 14.9. The predicted octanol–water partition coefficient (Wildman–Crippen LogP) is 3.35. The van der Waals surface area contributed by atoms with Crippen molar-refractivity contribution in [3.05, 3.63) is 40.9 Å². The quantitative estimate of drug-likeness (QED) is 0.798. The number of fused-ring (bicyclic) bond motifs is 1. The number of nitrogens with one attached hydrogen (secondary N) is 1. The number of hydrogen-bond donors (Lipinski definition) is 1. The number of aryl methyl sites for hydroxylation is 2. The Kier molecular flexibility index (Phi) is 3.62. The summed E-state index contributed by atoms with van der Waals surface area (Å²) in [7, 11) is -3.31. The molecule has 5 nitrogen and oxygen atoms in total. The summed E-state index contributed by atoms with van der Waals surface area (Å²) >= 11 is 1.64. The van der Waals surface area contributed by atoms with E-state index >= 15 is 0 Å². The third-order valence-corrected chi connectivity index (χ3v) is 4.99. The Morgan fingerprint density at radius 2 is 1.95 bits per heavy atom. The molecule has 3 aromatic rings. The molecule has 0 saturated carbocycles. The van der Waals surface area contributed by atoms with E-state index in [2.05, 4.69) is 20.1 Å².